The van der Waals surface area contributed by atoms with Gasteiger partial charge in [-0.15, -0.1) is 0 Å². The molecule has 4 saturated carbocycles. The van der Waals surface area contributed by atoms with Gasteiger partial charge >= 0.3 is 0 Å². The quantitative estimate of drug-likeness (QED) is 0.117. The Kier molecular flexibility index (Phi) is 13.5. The minimum Gasteiger partial charge on any atom is -0.394 e. The third kappa shape index (κ3) is 7.67. The molecule has 0 radical (unpaired) electrons. The van der Waals surface area contributed by atoms with E-state index in [0.717, 1.165) is 38.5 Å². The van der Waals surface area contributed by atoms with E-state index in [2.05, 4.69) is 27.7 Å². The first kappa shape index (κ1) is 48.0. The van der Waals surface area contributed by atoms with Gasteiger partial charge in [-0.05, 0) is 80.0 Å². The second-order valence-electron chi connectivity index (χ2n) is 21.4. The molecule has 366 valence electrons. The number of rotatable bonds is 9. The largest absolute Gasteiger partial charge is 0.394 e. The molecular formula is C45H72O19. The third-order valence-electron chi connectivity index (χ3n) is 18.2. The first-order valence-corrected chi connectivity index (χ1v) is 23.8. The molecule has 19 heteroatoms. The van der Waals surface area contributed by atoms with Gasteiger partial charge in [-0.2, -0.15) is 0 Å². The van der Waals surface area contributed by atoms with Crippen LogP contribution in [0.25, 0.3) is 0 Å². The van der Waals surface area contributed by atoms with Crippen LogP contribution in [-0.4, -0.2) is 193 Å². The predicted molar refractivity (Wildman–Crippen MR) is 216 cm³/mol. The van der Waals surface area contributed by atoms with Crippen molar-refractivity contribution in [1.29, 1.82) is 0 Å². The second-order valence-corrected chi connectivity index (χ2v) is 21.4. The lowest BCUT2D eigenvalue weighted by Gasteiger charge is -2.61. The van der Waals surface area contributed by atoms with E-state index in [4.69, 9.17) is 37.9 Å². The fraction of sp³-hybridized carbons (Fsp3) is 0.978. The molecule has 4 aliphatic carbocycles. The molecule has 0 amide bonds. The molecule has 10 N–H and O–H groups in total. The van der Waals surface area contributed by atoms with Crippen LogP contribution in [0.15, 0.2) is 0 Å². The van der Waals surface area contributed by atoms with Crippen LogP contribution in [0.1, 0.15) is 85.5 Å². The molecule has 27 atom stereocenters. The Bertz CT molecular complexity index is 1650. The third-order valence-corrected chi connectivity index (χ3v) is 18.2. The van der Waals surface area contributed by atoms with Crippen molar-refractivity contribution >= 4 is 5.78 Å². The highest BCUT2D eigenvalue weighted by Crippen LogP contribution is 2.70. The lowest BCUT2D eigenvalue weighted by molar-refractivity contribution is -0.396. The summed E-state index contributed by atoms with van der Waals surface area (Å²) in [6, 6.07) is 0. The van der Waals surface area contributed by atoms with Gasteiger partial charge < -0.3 is 89.0 Å². The summed E-state index contributed by atoms with van der Waals surface area (Å²) in [5.41, 5.74) is -0.660. The molecule has 0 bridgehead atoms. The highest BCUT2D eigenvalue weighted by atomic mass is 16.8. The number of aliphatic hydroxyl groups excluding tert-OH is 10. The summed E-state index contributed by atoms with van der Waals surface area (Å²) in [4.78, 5) is 14.7. The zero-order valence-corrected chi connectivity index (χ0v) is 37.2. The second kappa shape index (κ2) is 18.0. The highest BCUT2D eigenvalue weighted by molar-refractivity contribution is 5.87. The van der Waals surface area contributed by atoms with Crippen molar-refractivity contribution in [2.24, 2.45) is 52.3 Å². The lowest BCUT2D eigenvalue weighted by Crippen LogP contribution is -2.67. The zero-order valence-electron chi connectivity index (χ0n) is 37.2. The summed E-state index contributed by atoms with van der Waals surface area (Å²) in [5.74, 6) is 1.32. The smallest absolute Gasteiger partial charge is 0.187 e. The topological polar surface area (TPSA) is 293 Å². The van der Waals surface area contributed by atoms with Crippen molar-refractivity contribution < 1.29 is 93.8 Å². The van der Waals surface area contributed by atoms with E-state index < -0.39 is 129 Å². The fourth-order valence-electron chi connectivity index (χ4n) is 14.3. The number of Topliss-reactive ketones (excluding diaryl/α,β-unsaturated/α-hetero) is 1. The summed E-state index contributed by atoms with van der Waals surface area (Å²) in [6.45, 7) is 7.37. The van der Waals surface area contributed by atoms with Crippen molar-refractivity contribution in [3.8, 4) is 0 Å². The van der Waals surface area contributed by atoms with E-state index in [1.54, 1.807) is 0 Å². The number of ether oxygens (including phenoxy) is 8. The molecule has 5 heterocycles. The van der Waals surface area contributed by atoms with Gasteiger partial charge in [0, 0.05) is 30.1 Å². The van der Waals surface area contributed by atoms with Crippen LogP contribution in [0.3, 0.4) is 0 Å². The molecule has 0 unspecified atom stereocenters. The standard InChI is InChI=1S/C45H72O19/c1-18-7-10-45(57-17-18)19(2)30-25(64-45)12-24-22-6-5-20-11-21(8-9-43(20,3)23(22)13-29(49)44(24,30)4)58-42-39(63-41-37(56)35(54)32(51)27(15-47)60-41)38(33(52)28(16-48)61-42)62-40-36(55)34(53)31(50)26(14-46)59-40/h18-28,30-42,46-48,50-56H,5-17H2,1-4H3/t18-,19+,20-,21+,22-,23+,24+,25+,26-,27-,28-,30+,31-,32-,33-,34+,35+,36-,37-,38+,39-,40+,41+,42-,43+,44-,45-/m1/s1. The van der Waals surface area contributed by atoms with Crippen LogP contribution in [0.4, 0.5) is 0 Å². The van der Waals surface area contributed by atoms with Crippen molar-refractivity contribution in [3.05, 3.63) is 0 Å². The van der Waals surface area contributed by atoms with Crippen molar-refractivity contribution in [3.63, 3.8) is 0 Å². The average Bonchev–Trinajstić information content (AvgIpc) is 3.73. The zero-order chi connectivity index (χ0) is 45.8. The van der Waals surface area contributed by atoms with Crippen LogP contribution >= 0.6 is 0 Å². The Morgan fingerprint density at radius 3 is 1.83 bits per heavy atom. The maximum atomic E-state index is 14.7. The van der Waals surface area contributed by atoms with Crippen LogP contribution in [0.5, 0.6) is 0 Å². The van der Waals surface area contributed by atoms with E-state index in [-0.39, 0.29) is 41.1 Å². The minimum atomic E-state index is -1.89. The molecular weight excluding hydrogens is 844 g/mol. The number of carbonyl (C=O) groups excluding carboxylic acids is 1. The number of ketones is 1. The number of carbonyl (C=O) groups is 1. The molecule has 0 aromatic heterocycles. The van der Waals surface area contributed by atoms with Gasteiger partial charge in [-0.3, -0.25) is 4.79 Å². The van der Waals surface area contributed by atoms with Crippen molar-refractivity contribution in [2.75, 3.05) is 26.4 Å². The van der Waals surface area contributed by atoms with Crippen LogP contribution in [-0.2, 0) is 42.7 Å². The normalized spacial score (nSPS) is 57.5. The maximum absolute atomic E-state index is 14.7. The first-order valence-electron chi connectivity index (χ1n) is 23.8. The summed E-state index contributed by atoms with van der Waals surface area (Å²) in [5, 5.41) is 106. The maximum Gasteiger partial charge on any atom is 0.187 e. The van der Waals surface area contributed by atoms with Gasteiger partial charge in [0.2, 0.25) is 0 Å². The molecule has 0 aromatic carbocycles. The Morgan fingerprint density at radius 2 is 1.23 bits per heavy atom. The SMILES string of the molecule is C[C@@H]1CC[C@@]2(OC1)O[C@H]1C[C@H]3[C@@H]4CC[C@@H]5C[C@@H](O[C@@H]6O[C@H](CO)[C@@H](O)[C@H](O[C@@H]7O[C@H](CO)[C@@H](O)[C@H](O)[C@H]7O)[C@H]6O[C@@H]6O[C@H](CO)[C@@H](O)[C@H](O)[C@H]6O)CC[C@]5(C)[C@H]4CC(=O)[C@]3(C)[C@H]1[C@@H]2C. The van der Waals surface area contributed by atoms with Gasteiger partial charge in [-0.1, -0.05) is 27.7 Å². The van der Waals surface area contributed by atoms with Gasteiger partial charge in [0.05, 0.1) is 38.6 Å². The molecule has 0 aromatic rings. The van der Waals surface area contributed by atoms with Gasteiger partial charge in [-0.25, -0.2) is 0 Å². The minimum absolute atomic E-state index is 0.0146. The summed E-state index contributed by atoms with van der Waals surface area (Å²) in [7, 11) is 0. The Balaban J connectivity index is 0.937. The monoisotopic (exact) mass is 916 g/mol. The van der Waals surface area contributed by atoms with Gasteiger partial charge in [0.15, 0.2) is 24.7 Å². The molecule has 5 saturated heterocycles. The van der Waals surface area contributed by atoms with E-state index in [9.17, 15) is 55.9 Å². The van der Waals surface area contributed by atoms with Gasteiger partial charge in [0.25, 0.3) is 0 Å². The van der Waals surface area contributed by atoms with Gasteiger partial charge in [0.1, 0.15) is 79.0 Å². The summed E-state index contributed by atoms with van der Waals surface area (Å²) >= 11 is 0. The number of fused-ring (bicyclic) bond motifs is 7. The predicted octanol–water partition coefficient (Wildman–Crippen LogP) is -1.55. The van der Waals surface area contributed by atoms with Crippen LogP contribution in [0.2, 0.25) is 0 Å². The molecule has 19 nitrogen and oxygen atoms in total. The van der Waals surface area contributed by atoms with E-state index in [1.807, 2.05) is 0 Å². The average molecular weight is 917 g/mol. The number of aliphatic hydroxyl groups is 10. The van der Waals surface area contributed by atoms with E-state index in [0.29, 0.717) is 43.5 Å². The Labute approximate surface area is 373 Å². The Hall–Kier alpha value is -1.05. The number of hydrogen-bond acceptors (Lipinski definition) is 19. The van der Waals surface area contributed by atoms with Crippen LogP contribution < -0.4 is 0 Å². The summed E-state index contributed by atoms with van der Waals surface area (Å²) in [6.07, 6.45) is -18.4. The highest BCUT2D eigenvalue weighted by Gasteiger charge is 2.72. The van der Waals surface area contributed by atoms with Crippen molar-refractivity contribution in [2.45, 2.75) is 196 Å². The van der Waals surface area contributed by atoms with Crippen LogP contribution in [0, 0.1) is 52.3 Å². The van der Waals surface area contributed by atoms with E-state index in [1.165, 1.54) is 0 Å². The molecule has 1 spiro atoms. The van der Waals surface area contributed by atoms with E-state index >= 15 is 0 Å². The molecule has 9 aliphatic rings. The molecule has 9 rings (SSSR count). The molecule has 9 fully saturated rings. The van der Waals surface area contributed by atoms with Crippen molar-refractivity contribution in [1.82, 2.24) is 0 Å². The summed E-state index contributed by atoms with van der Waals surface area (Å²) < 4.78 is 49.8. The number of hydrogen-bond donors (Lipinski definition) is 10. The molecule has 64 heavy (non-hydrogen) atoms. The molecule has 5 aliphatic heterocycles. The Morgan fingerprint density at radius 1 is 0.641 bits per heavy atom. The first-order chi connectivity index (χ1) is 30.4. The lowest BCUT2D eigenvalue weighted by atomic mass is 9.44. The fourth-order valence-corrected chi connectivity index (χ4v) is 14.3.